The monoisotopic (exact) mass is 354 g/mol. The van der Waals surface area contributed by atoms with E-state index in [2.05, 4.69) is 15.5 Å². The van der Waals surface area contributed by atoms with Crippen molar-refractivity contribution in [2.75, 3.05) is 35.7 Å². The third-order valence-electron chi connectivity index (χ3n) is 4.57. The molecule has 2 aromatic rings. The molecule has 2 aromatic carbocycles. The molecule has 2 N–H and O–H groups in total. The Balaban J connectivity index is 1.71. The van der Waals surface area contributed by atoms with Gasteiger partial charge < -0.3 is 15.5 Å². The molecular weight excluding hydrogens is 332 g/mol. The van der Waals surface area contributed by atoms with Crippen molar-refractivity contribution >= 4 is 28.7 Å². The van der Waals surface area contributed by atoms with Crippen LogP contribution in [0.3, 0.4) is 0 Å². The number of rotatable bonds is 5. The smallest absolute Gasteiger partial charge is 0.293 e. The second-order valence-corrected chi connectivity index (χ2v) is 6.29. The molecule has 1 aliphatic heterocycles. The average molecular weight is 354 g/mol. The number of anilines is 3. The molecule has 0 spiro atoms. The lowest BCUT2D eigenvalue weighted by molar-refractivity contribution is -0.384. The fourth-order valence-electron chi connectivity index (χ4n) is 3.15. The Morgan fingerprint density at radius 1 is 1.08 bits per heavy atom. The van der Waals surface area contributed by atoms with Crippen LogP contribution in [0.5, 0.6) is 0 Å². The molecule has 1 heterocycles. The van der Waals surface area contributed by atoms with Crippen LogP contribution < -0.4 is 15.5 Å². The Labute approximate surface area is 152 Å². The molecule has 7 heteroatoms. The van der Waals surface area contributed by atoms with Gasteiger partial charge in [-0.2, -0.15) is 0 Å². The third kappa shape index (κ3) is 3.93. The summed E-state index contributed by atoms with van der Waals surface area (Å²) < 4.78 is 0. The zero-order valence-corrected chi connectivity index (χ0v) is 14.7. The SMILES string of the molecule is CNc1ccc(C(=O)Nc2ccc(N3CCCCC3)cc2)cc1[N+](=O)[O-]. The zero-order chi connectivity index (χ0) is 18.5. The molecule has 0 saturated carbocycles. The molecule has 0 aliphatic carbocycles. The van der Waals surface area contributed by atoms with Gasteiger partial charge in [0.05, 0.1) is 4.92 Å². The largest absolute Gasteiger partial charge is 0.383 e. The minimum Gasteiger partial charge on any atom is -0.383 e. The standard InChI is InChI=1S/C19H22N4O3/c1-20-17-10-5-14(13-18(17)23(25)26)19(24)21-15-6-8-16(9-7-15)22-11-3-2-4-12-22/h5-10,13,20H,2-4,11-12H2,1H3,(H,21,24). The highest BCUT2D eigenvalue weighted by Gasteiger charge is 2.17. The lowest BCUT2D eigenvalue weighted by Gasteiger charge is -2.28. The number of hydrogen-bond donors (Lipinski definition) is 2. The maximum Gasteiger partial charge on any atom is 0.293 e. The Kier molecular flexibility index (Phi) is 5.36. The number of nitrogens with one attached hydrogen (secondary N) is 2. The molecular formula is C19H22N4O3. The number of hydrogen-bond acceptors (Lipinski definition) is 5. The summed E-state index contributed by atoms with van der Waals surface area (Å²) in [7, 11) is 1.60. The fraction of sp³-hybridized carbons (Fsp3) is 0.316. The van der Waals surface area contributed by atoms with Gasteiger partial charge in [0.25, 0.3) is 11.6 Å². The molecule has 1 saturated heterocycles. The molecule has 0 aromatic heterocycles. The van der Waals surface area contributed by atoms with Crippen LogP contribution in [0.4, 0.5) is 22.7 Å². The second-order valence-electron chi connectivity index (χ2n) is 6.29. The Morgan fingerprint density at radius 3 is 2.38 bits per heavy atom. The number of benzene rings is 2. The van der Waals surface area contributed by atoms with Crippen molar-refractivity contribution in [3.8, 4) is 0 Å². The molecule has 7 nitrogen and oxygen atoms in total. The van der Waals surface area contributed by atoms with Crippen molar-refractivity contribution in [3.63, 3.8) is 0 Å². The van der Waals surface area contributed by atoms with Crippen LogP contribution in [0.15, 0.2) is 42.5 Å². The molecule has 0 bridgehead atoms. The molecule has 3 rings (SSSR count). The minimum absolute atomic E-state index is 0.124. The van der Waals surface area contributed by atoms with E-state index in [1.165, 1.54) is 31.4 Å². The Morgan fingerprint density at radius 2 is 1.77 bits per heavy atom. The highest BCUT2D eigenvalue weighted by atomic mass is 16.6. The Hall–Kier alpha value is -3.09. The van der Waals surface area contributed by atoms with Gasteiger partial charge in [0.1, 0.15) is 5.69 Å². The van der Waals surface area contributed by atoms with E-state index in [9.17, 15) is 14.9 Å². The molecule has 0 radical (unpaired) electrons. The van der Waals surface area contributed by atoms with Crippen LogP contribution in [0, 0.1) is 10.1 Å². The van der Waals surface area contributed by atoms with E-state index in [4.69, 9.17) is 0 Å². The van der Waals surface area contributed by atoms with Crippen LogP contribution >= 0.6 is 0 Å². The van der Waals surface area contributed by atoms with Crippen LogP contribution in [-0.2, 0) is 0 Å². The summed E-state index contributed by atoms with van der Waals surface area (Å²) in [5.41, 5.74) is 2.31. The van der Waals surface area contributed by atoms with E-state index >= 15 is 0 Å². The van der Waals surface area contributed by atoms with Gasteiger partial charge in [0.2, 0.25) is 0 Å². The summed E-state index contributed by atoms with van der Waals surface area (Å²) in [6.45, 7) is 2.13. The summed E-state index contributed by atoms with van der Waals surface area (Å²) in [5.74, 6) is -0.374. The van der Waals surface area contributed by atoms with E-state index in [-0.39, 0.29) is 17.2 Å². The Bertz CT molecular complexity index is 799. The lowest BCUT2D eigenvalue weighted by Crippen LogP contribution is -2.29. The van der Waals surface area contributed by atoms with Gasteiger partial charge in [0.15, 0.2) is 0 Å². The molecule has 1 amide bonds. The van der Waals surface area contributed by atoms with Gasteiger partial charge in [-0.3, -0.25) is 14.9 Å². The van der Waals surface area contributed by atoms with Crippen molar-refractivity contribution < 1.29 is 9.72 Å². The highest BCUT2D eigenvalue weighted by Crippen LogP contribution is 2.26. The van der Waals surface area contributed by atoms with Crippen molar-refractivity contribution in [3.05, 3.63) is 58.1 Å². The van der Waals surface area contributed by atoms with E-state index in [1.54, 1.807) is 13.1 Å². The summed E-state index contributed by atoms with van der Waals surface area (Å²) in [5, 5.41) is 16.7. The first-order valence-corrected chi connectivity index (χ1v) is 8.71. The first-order chi connectivity index (χ1) is 12.6. The van der Waals surface area contributed by atoms with Crippen molar-refractivity contribution in [1.29, 1.82) is 0 Å². The minimum atomic E-state index is -0.504. The molecule has 0 atom stereocenters. The number of nitro benzene ring substituents is 1. The molecule has 1 aliphatic rings. The van der Waals surface area contributed by atoms with Gasteiger partial charge >= 0.3 is 0 Å². The van der Waals surface area contributed by atoms with E-state index in [0.717, 1.165) is 18.8 Å². The van der Waals surface area contributed by atoms with Gasteiger partial charge in [-0.1, -0.05) is 0 Å². The third-order valence-corrected chi connectivity index (χ3v) is 4.57. The van der Waals surface area contributed by atoms with E-state index < -0.39 is 4.92 Å². The van der Waals surface area contributed by atoms with Crippen molar-refractivity contribution in [2.45, 2.75) is 19.3 Å². The molecule has 1 fully saturated rings. The van der Waals surface area contributed by atoms with Gasteiger partial charge in [-0.25, -0.2) is 0 Å². The maximum absolute atomic E-state index is 12.4. The lowest BCUT2D eigenvalue weighted by atomic mass is 10.1. The van der Waals surface area contributed by atoms with Crippen LogP contribution in [-0.4, -0.2) is 31.0 Å². The van der Waals surface area contributed by atoms with E-state index in [0.29, 0.717) is 11.4 Å². The first kappa shape index (κ1) is 17.7. The summed E-state index contributed by atoms with van der Waals surface area (Å²) in [4.78, 5) is 25.4. The van der Waals surface area contributed by atoms with Gasteiger partial charge in [-0.05, 0) is 55.7 Å². The van der Waals surface area contributed by atoms with Crippen molar-refractivity contribution in [1.82, 2.24) is 0 Å². The van der Waals surface area contributed by atoms with Crippen LogP contribution in [0.25, 0.3) is 0 Å². The molecule has 0 unspecified atom stereocenters. The number of piperidine rings is 1. The van der Waals surface area contributed by atoms with E-state index in [1.807, 2.05) is 24.3 Å². The average Bonchev–Trinajstić information content (AvgIpc) is 2.68. The van der Waals surface area contributed by atoms with Crippen molar-refractivity contribution in [2.24, 2.45) is 0 Å². The normalized spacial score (nSPS) is 14.0. The predicted octanol–water partition coefficient (Wildman–Crippen LogP) is 3.88. The summed E-state index contributed by atoms with van der Waals surface area (Å²) in [6.07, 6.45) is 3.70. The van der Waals surface area contributed by atoms with Crippen LogP contribution in [0.2, 0.25) is 0 Å². The highest BCUT2D eigenvalue weighted by molar-refractivity contribution is 6.05. The number of nitrogens with zero attached hydrogens (tertiary/aromatic N) is 2. The van der Waals surface area contributed by atoms with Crippen LogP contribution in [0.1, 0.15) is 29.6 Å². The zero-order valence-electron chi connectivity index (χ0n) is 14.7. The second kappa shape index (κ2) is 7.86. The topological polar surface area (TPSA) is 87.5 Å². The molecule has 26 heavy (non-hydrogen) atoms. The molecule has 136 valence electrons. The van der Waals surface area contributed by atoms with Gasteiger partial charge in [0, 0.05) is 43.1 Å². The number of amides is 1. The fourth-order valence-corrected chi connectivity index (χ4v) is 3.15. The first-order valence-electron chi connectivity index (χ1n) is 8.71. The number of nitro groups is 1. The number of carbonyl (C=O) groups is 1. The summed E-state index contributed by atoms with van der Waals surface area (Å²) >= 11 is 0. The maximum atomic E-state index is 12.4. The quantitative estimate of drug-likeness (QED) is 0.628. The number of carbonyl (C=O) groups excluding carboxylic acids is 1. The predicted molar refractivity (Wildman–Crippen MR) is 103 cm³/mol. The summed E-state index contributed by atoms with van der Waals surface area (Å²) in [6, 6.07) is 12.1. The van der Waals surface area contributed by atoms with Gasteiger partial charge in [-0.15, -0.1) is 0 Å².